The monoisotopic (exact) mass is 332 g/mol. The third kappa shape index (κ3) is 3.33. The molecule has 1 aromatic heterocycles. The van der Waals surface area contributed by atoms with Gasteiger partial charge >= 0.3 is 0 Å². The van der Waals surface area contributed by atoms with Crippen LogP contribution in [0.1, 0.15) is 29.9 Å². The third-order valence-electron chi connectivity index (χ3n) is 4.71. The number of para-hydroxylation sites is 2. The fourth-order valence-electron chi connectivity index (χ4n) is 3.43. The fraction of sp³-hybridized carbons (Fsp3) is 0.238. The number of fused-ring (bicyclic) bond motifs is 2. The molecule has 2 aromatic carbocycles. The number of amides is 1. The van der Waals surface area contributed by atoms with Crippen LogP contribution in [0, 0.1) is 0 Å². The molecule has 3 aromatic rings. The summed E-state index contributed by atoms with van der Waals surface area (Å²) in [6, 6.07) is 18.0. The van der Waals surface area contributed by atoms with Gasteiger partial charge in [-0.15, -0.1) is 0 Å². The number of hydrogen-bond donors (Lipinski definition) is 1. The van der Waals surface area contributed by atoms with Crippen LogP contribution in [0.15, 0.2) is 60.8 Å². The molecule has 1 aliphatic rings. The molecular weight excluding hydrogens is 312 g/mol. The molecule has 1 aliphatic heterocycles. The average Bonchev–Trinajstić information content (AvgIpc) is 2.66. The Labute approximate surface area is 146 Å². The van der Waals surface area contributed by atoms with Gasteiger partial charge in [0.1, 0.15) is 5.75 Å². The summed E-state index contributed by atoms with van der Waals surface area (Å²) in [5.41, 5.74) is 3.12. The number of nitrogens with one attached hydrogen (secondary N) is 1. The summed E-state index contributed by atoms with van der Waals surface area (Å²) in [6.07, 6.45) is 3.14. The second-order valence-electron chi connectivity index (χ2n) is 6.34. The van der Waals surface area contributed by atoms with Crippen molar-refractivity contribution in [1.29, 1.82) is 0 Å². The number of pyridine rings is 1. The third-order valence-corrected chi connectivity index (χ3v) is 4.71. The maximum Gasteiger partial charge on any atom is 0.220 e. The van der Waals surface area contributed by atoms with Crippen LogP contribution >= 0.6 is 0 Å². The second kappa shape index (κ2) is 6.93. The molecule has 0 unspecified atom stereocenters. The fourth-order valence-corrected chi connectivity index (χ4v) is 3.43. The standard InChI is InChI=1S/C21H20N2O2/c24-20(13-16-10-12-25-19-9-2-1-8-18(16)19)23-14-17-6-3-5-15-7-4-11-22-21(15)17/h1-9,11,16H,10,12-14H2,(H,23,24)/t16-/m1/s1. The van der Waals surface area contributed by atoms with Gasteiger partial charge in [-0.3, -0.25) is 9.78 Å². The van der Waals surface area contributed by atoms with Crippen LogP contribution in [0.25, 0.3) is 10.9 Å². The van der Waals surface area contributed by atoms with E-state index in [4.69, 9.17) is 4.74 Å². The van der Waals surface area contributed by atoms with Crippen LogP contribution in [0.5, 0.6) is 5.75 Å². The van der Waals surface area contributed by atoms with Gasteiger partial charge in [-0.25, -0.2) is 0 Å². The van der Waals surface area contributed by atoms with Crippen molar-refractivity contribution in [2.24, 2.45) is 0 Å². The molecule has 1 amide bonds. The summed E-state index contributed by atoms with van der Waals surface area (Å²) in [4.78, 5) is 16.9. The zero-order valence-corrected chi connectivity index (χ0v) is 13.9. The lowest BCUT2D eigenvalue weighted by Crippen LogP contribution is -2.26. The van der Waals surface area contributed by atoms with Crippen molar-refractivity contribution in [3.05, 3.63) is 71.9 Å². The first kappa shape index (κ1) is 15.6. The van der Waals surface area contributed by atoms with Gasteiger partial charge < -0.3 is 10.1 Å². The van der Waals surface area contributed by atoms with E-state index in [-0.39, 0.29) is 11.8 Å². The van der Waals surface area contributed by atoms with E-state index < -0.39 is 0 Å². The van der Waals surface area contributed by atoms with Crippen molar-refractivity contribution in [2.45, 2.75) is 25.3 Å². The number of rotatable bonds is 4. The Balaban J connectivity index is 1.43. The van der Waals surface area contributed by atoms with E-state index in [0.29, 0.717) is 19.6 Å². The minimum Gasteiger partial charge on any atom is -0.493 e. The molecular formula is C21H20N2O2. The normalized spacial score (nSPS) is 16.1. The molecule has 1 atom stereocenters. The molecule has 25 heavy (non-hydrogen) atoms. The SMILES string of the molecule is O=C(C[C@H]1CCOc2ccccc21)NCc1cccc2cccnc12. The maximum atomic E-state index is 12.5. The summed E-state index contributed by atoms with van der Waals surface area (Å²) in [6.45, 7) is 1.17. The van der Waals surface area contributed by atoms with Crippen LogP contribution in [0.4, 0.5) is 0 Å². The van der Waals surface area contributed by atoms with Gasteiger partial charge in [-0.05, 0) is 35.6 Å². The van der Waals surface area contributed by atoms with Gasteiger partial charge in [0, 0.05) is 24.5 Å². The highest BCUT2D eigenvalue weighted by atomic mass is 16.5. The number of carbonyl (C=O) groups is 1. The average molecular weight is 332 g/mol. The molecule has 0 saturated heterocycles. The number of ether oxygens (including phenoxy) is 1. The number of hydrogen-bond acceptors (Lipinski definition) is 3. The van der Waals surface area contributed by atoms with Gasteiger partial charge in [0.05, 0.1) is 12.1 Å². The topological polar surface area (TPSA) is 51.2 Å². The zero-order valence-electron chi connectivity index (χ0n) is 13.9. The quantitative estimate of drug-likeness (QED) is 0.790. The first-order valence-electron chi connectivity index (χ1n) is 8.62. The molecule has 0 saturated carbocycles. The highest BCUT2D eigenvalue weighted by Gasteiger charge is 2.23. The van der Waals surface area contributed by atoms with E-state index in [2.05, 4.69) is 16.4 Å². The van der Waals surface area contributed by atoms with Crippen molar-refractivity contribution in [2.75, 3.05) is 6.61 Å². The van der Waals surface area contributed by atoms with Crippen LogP contribution < -0.4 is 10.1 Å². The lowest BCUT2D eigenvalue weighted by molar-refractivity contribution is -0.121. The lowest BCUT2D eigenvalue weighted by Gasteiger charge is -2.25. The van der Waals surface area contributed by atoms with Gasteiger partial charge in [0.2, 0.25) is 5.91 Å². The molecule has 4 heteroatoms. The molecule has 4 rings (SSSR count). The highest BCUT2D eigenvalue weighted by Crippen LogP contribution is 2.35. The molecule has 2 heterocycles. The smallest absolute Gasteiger partial charge is 0.220 e. The Morgan fingerprint density at radius 2 is 2.00 bits per heavy atom. The van der Waals surface area contributed by atoms with Crippen LogP contribution in [0.3, 0.4) is 0 Å². The number of aromatic nitrogens is 1. The van der Waals surface area contributed by atoms with Crippen molar-refractivity contribution in [3.63, 3.8) is 0 Å². The molecule has 0 fully saturated rings. The summed E-state index contributed by atoms with van der Waals surface area (Å²) >= 11 is 0. The van der Waals surface area contributed by atoms with Gasteiger partial charge in [-0.2, -0.15) is 0 Å². The van der Waals surface area contributed by atoms with E-state index in [1.165, 1.54) is 0 Å². The van der Waals surface area contributed by atoms with E-state index in [1.807, 2.05) is 48.5 Å². The van der Waals surface area contributed by atoms with Crippen LogP contribution in [0.2, 0.25) is 0 Å². The second-order valence-corrected chi connectivity index (χ2v) is 6.34. The van der Waals surface area contributed by atoms with Gasteiger partial charge in [-0.1, -0.05) is 42.5 Å². The summed E-state index contributed by atoms with van der Waals surface area (Å²) in [5.74, 6) is 1.19. The van der Waals surface area contributed by atoms with Crippen molar-refractivity contribution >= 4 is 16.8 Å². The minimum absolute atomic E-state index is 0.0645. The van der Waals surface area contributed by atoms with Gasteiger partial charge in [0.25, 0.3) is 0 Å². The number of carbonyl (C=O) groups excluding carboxylic acids is 1. The minimum atomic E-state index is 0.0645. The zero-order chi connectivity index (χ0) is 17.1. The molecule has 126 valence electrons. The number of nitrogens with zero attached hydrogens (tertiary/aromatic N) is 1. The summed E-state index contributed by atoms with van der Waals surface area (Å²) < 4.78 is 5.67. The molecule has 0 radical (unpaired) electrons. The van der Waals surface area contributed by atoms with Crippen LogP contribution in [-0.2, 0) is 11.3 Å². The van der Waals surface area contributed by atoms with E-state index >= 15 is 0 Å². The summed E-state index contributed by atoms with van der Waals surface area (Å²) in [7, 11) is 0. The van der Waals surface area contributed by atoms with E-state index in [9.17, 15) is 4.79 Å². The largest absolute Gasteiger partial charge is 0.493 e. The Morgan fingerprint density at radius 1 is 1.12 bits per heavy atom. The molecule has 0 spiro atoms. The van der Waals surface area contributed by atoms with Crippen molar-refractivity contribution < 1.29 is 9.53 Å². The Hall–Kier alpha value is -2.88. The Bertz CT molecular complexity index is 902. The van der Waals surface area contributed by atoms with Crippen LogP contribution in [-0.4, -0.2) is 17.5 Å². The maximum absolute atomic E-state index is 12.5. The lowest BCUT2D eigenvalue weighted by atomic mass is 9.90. The predicted molar refractivity (Wildman–Crippen MR) is 97.5 cm³/mol. The Kier molecular flexibility index (Phi) is 4.34. The van der Waals surface area contributed by atoms with E-state index in [0.717, 1.165) is 34.2 Å². The first-order valence-corrected chi connectivity index (χ1v) is 8.62. The highest BCUT2D eigenvalue weighted by molar-refractivity contribution is 5.82. The summed E-state index contributed by atoms with van der Waals surface area (Å²) in [5, 5.41) is 4.14. The molecule has 1 N–H and O–H groups in total. The van der Waals surface area contributed by atoms with Gasteiger partial charge in [0.15, 0.2) is 0 Å². The predicted octanol–water partition coefficient (Wildman–Crippen LogP) is 3.81. The first-order chi connectivity index (χ1) is 12.3. The molecule has 4 nitrogen and oxygen atoms in total. The van der Waals surface area contributed by atoms with E-state index in [1.54, 1.807) is 6.20 Å². The Morgan fingerprint density at radius 3 is 2.96 bits per heavy atom. The molecule has 0 aliphatic carbocycles. The molecule has 0 bridgehead atoms. The van der Waals surface area contributed by atoms with Crippen molar-refractivity contribution in [1.82, 2.24) is 10.3 Å². The van der Waals surface area contributed by atoms with Crippen molar-refractivity contribution in [3.8, 4) is 5.75 Å². The number of benzene rings is 2.